The van der Waals surface area contributed by atoms with Gasteiger partial charge in [-0.05, 0) is 37.4 Å². The zero-order chi connectivity index (χ0) is 12.1. The summed E-state index contributed by atoms with van der Waals surface area (Å²) in [5.74, 6) is 1.55. The van der Waals surface area contributed by atoms with Gasteiger partial charge in [-0.15, -0.1) is 0 Å². The molecule has 1 aliphatic rings. The summed E-state index contributed by atoms with van der Waals surface area (Å²) in [4.78, 5) is 2.62. The number of nitrogens with zero attached hydrogens (tertiary/aromatic N) is 1. The van der Waals surface area contributed by atoms with Gasteiger partial charge in [0.1, 0.15) is 0 Å². The van der Waals surface area contributed by atoms with Crippen LogP contribution in [0.25, 0.3) is 0 Å². The summed E-state index contributed by atoms with van der Waals surface area (Å²) in [5.41, 5.74) is 1.46. The van der Waals surface area contributed by atoms with Crippen LogP contribution in [0.5, 0.6) is 0 Å². The monoisotopic (exact) mass is 295 g/mol. The summed E-state index contributed by atoms with van der Waals surface area (Å²) in [6.07, 6.45) is 2.73. The van der Waals surface area contributed by atoms with Crippen molar-refractivity contribution in [1.82, 2.24) is 4.90 Å². The topological polar surface area (TPSA) is 3.24 Å². The number of piperidine rings is 1. The predicted molar refractivity (Wildman–Crippen MR) is 77.8 cm³/mol. The summed E-state index contributed by atoms with van der Waals surface area (Å²) in [7, 11) is 0. The van der Waals surface area contributed by atoms with Crippen molar-refractivity contribution in [1.29, 1.82) is 0 Å². The van der Waals surface area contributed by atoms with Gasteiger partial charge in [0.2, 0.25) is 0 Å². The molecule has 1 aliphatic heterocycles. The number of hydrogen-bond acceptors (Lipinski definition) is 1. The van der Waals surface area contributed by atoms with Gasteiger partial charge in [0.25, 0.3) is 0 Å². The maximum atomic E-state index is 3.66. The van der Waals surface area contributed by atoms with Gasteiger partial charge < -0.3 is 4.90 Å². The zero-order valence-electron chi connectivity index (χ0n) is 10.6. The average molecular weight is 296 g/mol. The number of alkyl halides is 1. The van der Waals surface area contributed by atoms with Crippen molar-refractivity contribution in [3.63, 3.8) is 0 Å². The van der Waals surface area contributed by atoms with Gasteiger partial charge >= 0.3 is 0 Å². The minimum atomic E-state index is 0.629. The lowest BCUT2D eigenvalue weighted by molar-refractivity contribution is 0.186. The van der Waals surface area contributed by atoms with Crippen molar-refractivity contribution >= 4 is 15.9 Å². The molecule has 2 heteroatoms. The van der Waals surface area contributed by atoms with Gasteiger partial charge in [-0.3, -0.25) is 0 Å². The molecular formula is C15H22BrN. The van der Waals surface area contributed by atoms with Crippen LogP contribution in [0, 0.1) is 5.92 Å². The van der Waals surface area contributed by atoms with Crippen LogP contribution in [0.1, 0.15) is 31.2 Å². The Labute approximate surface area is 113 Å². The number of benzene rings is 1. The fourth-order valence-electron chi connectivity index (χ4n) is 2.52. The third-order valence-corrected chi connectivity index (χ3v) is 4.59. The summed E-state index contributed by atoms with van der Waals surface area (Å²) < 4.78 is 0. The maximum Gasteiger partial charge on any atom is 0.0112 e. The van der Waals surface area contributed by atoms with Crippen LogP contribution < -0.4 is 0 Å². The predicted octanol–water partition coefficient (Wildman–Crippen LogP) is 3.90. The fourth-order valence-corrected chi connectivity index (χ4v) is 3.10. The van der Waals surface area contributed by atoms with E-state index < -0.39 is 0 Å². The Kier molecular flexibility index (Phi) is 5.05. The second-order valence-corrected chi connectivity index (χ2v) is 5.89. The molecule has 1 fully saturated rings. The molecule has 2 rings (SSSR count). The van der Waals surface area contributed by atoms with Gasteiger partial charge in [-0.25, -0.2) is 0 Å². The molecule has 1 nitrogen and oxygen atoms in total. The van der Waals surface area contributed by atoms with Crippen LogP contribution in [0.2, 0.25) is 0 Å². The van der Waals surface area contributed by atoms with E-state index in [-0.39, 0.29) is 0 Å². The van der Waals surface area contributed by atoms with Crippen LogP contribution in [0.3, 0.4) is 0 Å². The molecule has 0 spiro atoms. The molecule has 0 saturated carbocycles. The quantitative estimate of drug-likeness (QED) is 0.762. The molecule has 1 atom stereocenters. The van der Waals surface area contributed by atoms with Gasteiger partial charge in [0.15, 0.2) is 0 Å². The van der Waals surface area contributed by atoms with Crippen LogP contribution in [0.4, 0.5) is 0 Å². The molecule has 1 aromatic carbocycles. The third kappa shape index (κ3) is 3.82. The molecule has 0 N–H and O–H groups in total. The third-order valence-electron chi connectivity index (χ3n) is 3.81. The highest BCUT2D eigenvalue weighted by atomic mass is 79.9. The normalized spacial score (nSPS) is 20.4. The minimum absolute atomic E-state index is 0.629. The van der Waals surface area contributed by atoms with Crippen LogP contribution >= 0.6 is 15.9 Å². The Morgan fingerprint density at radius 1 is 1.24 bits per heavy atom. The first kappa shape index (κ1) is 13.1. The highest BCUT2D eigenvalue weighted by Gasteiger charge is 2.19. The molecule has 94 valence electrons. The molecule has 0 aliphatic carbocycles. The average Bonchev–Trinajstić information content (AvgIpc) is 2.39. The lowest BCUT2D eigenvalue weighted by Crippen LogP contribution is -2.36. The van der Waals surface area contributed by atoms with Crippen molar-refractivity contribution in [3.05, 3.63) is 35.9 Å². The Morgan fingerprint density at radius 2 is 1.88 bits per heavy atom. The fraction of sp³-hybridized carbons (Fsp3) is 0.600. The zero-order valence-corrected chi connectivity index (χ0v) is 12.2. The van der Waals surface area contributed by atoms with Crippen molar-refractivity contribution < 1.29 is 0 Å². The molecule has 0 aromatic heterocycles. The van der Waals surface area contributed by atoms with E-state index in [9.17, 15) is 0 Å². The molecule has 1 unspecified atom stereocenters. The standard InChI is InChI=1S/C15H22BrN/c1-13-7-9-17(10-8-13)12-15(11-16)14-5-3-2-4-6-14/h2-6,13,15H,7-12H2,1H3. The van der Waals surface area contributed by atoms with Gasteiger partial charge in [0.05, 0.1) is 0 Å². The molecule has 1 heterocycles. The Balaban J connectivity index is 1.92. The number of rotatable bonds is 4. The van der Waals surface area contributed by atoms with Crippen LogP contribution in [-0.4, -0.2) is 29.9 Å². The van der Waals surface area contributed by atoms with Crippen molar-refractivity contribution in [2.24, 2.45) is 5.92 Å². The van der Waals surface area contributed by atoms with Crippen molar-refractivity contribution in [2.75, 3.05) is 25.0 Å². The molecular weight excluding hydrogens is 274 g/mol. The van der Waals surface area contributed by atoms with Gasteiger partial charge in [0, 0.05) is 17.8 Å². The Bertz CT molecular complexity index is 317. The highest BCUT2D eigenvalue weighted by molar-refractivity contribution is 9.09. The number of hydrogen-bond donors (Lipinski definition) is 0. The molecule has 0 bridgehead atoms. The van der Waals surface area contributed by atoms with Gasteiger partial charge in [-0.1, -0.05) is 53.2 Å². The van der Waals surface area contributed by atoms with E-state index in [0.29, 0.717) is 5.92 Å². The van der Waals surface area contributed by atoms with Gasteiger partial charge in [-0.2, -0.15) is 0 Å². The molecule has 17 heavy (non-hydrogen) atoms. The second-order valence-electron chi connectivity index (χ2n) is 5.25. The van der Waals surface area contributed by atoms with E-state index in [2.05, 4.69) is 58.1 Å². The van der Waals surface area contributed by atoms with E-state index in [1.165, 1.54) is 38.0 Å². The van der Waals surface area contributed by atoms with Crippen LogP contribution in [0.15, 0.2) is 30.3 Å². The van der Waals surface area contributed by atoms with Crippen LogP contribution in [-0.2, 0) is 0 Å². The van der Waals surface area contributed by atoms with E-state index >= 15 is 0 Å². The summed E-state index contributed by atoms with van der Waals surface area (Å²) in [6, 6.07) is 10.9. The number of likely N-dealkylation sites (tertiary alicyclic amines) is 1. The summed E-state index contributed by atoms with van der Waals surface area (Å²) >= 11 is 3.66. The first-order chi connectivity index (χ1) is 8.29. The van der Waals surface area contributed by atoms with E-state index in [1.54, 1.807) is 0 Å². The highest BCUT2D eigenvalue weighted by Crippen LogP contribution is 2.23. The van der Waals surface area contributed by atoms with Crippen molar-refractivity contribution in [2.45, 2.75) is 25.7 Å². The SMILES string of the molecule is CC1CCN(CC(CBr)c2ccccc2)CC1. The lowest BCUT2D eigenvalue weighted by Gasteiger charge is -2.32. The summed E-state index contributed by atoms with van der Waals surface area (Å²) in [5, 5.41) is 1.06. The first-order valence-electron chi connectivity index (χ1n) is 6.63. The maximum absolute atomic E-state index is 3.66. The summed E-state index contributed by atoms with van der Waals surface area (Å²) in [6.45, 7) is 6.12. The number of halogens is 1. The molecule has 0 radical (unpaired) electrons. The largest absolute Gasteiger partial charge is 0.303 e. The minimum Gasteiger partial charge on any atom is -0.303 e. The smallest absolute Gasteiger partial charge is 0.0112 e. The second kappa shape index (κ2) is 6.55. The molecule has 1 aromatic rings. The first-order valence-corrected chi connectivity index (χ1v) is 7.75. The van der Waals surface area contributed by atoms with E-state index in [1.807, 2.05) is 0 Å². The van der Waals surface area contributed by atoms with Crippen molar-refractivity contribution in [3.8, 4) is 0 Å². The Hall–Kier alpha value is -0.340. The molecule has 1 saturated heterocycles. The van der Waals surface area contributed by atoms with E-state index in [4.69, 9.17) is 0 Å². The Morgan fingerprint density at radius 3 is 2.47 bits per heavy atom. The lowest BCUT2D eigenvalue weighted by atomic mass is 9.96. The van der Waals surface area contributed by atoms with E-state index in [0.717, 1.165) is 11.2 Å². The molecule has 0 amide bonds.